The topological polar surface area (TPSA) is 47.6 Å². The third-order valence-electron chi connectivity index (χ3n) is 7.33. The van der Waals surface area contributed by atoms with Gasteiger partial charge in [0.05, 0.1) is 18.8 Å². The van der Waals surface area contributed by atoms with Gasteiger partial charge in [0.2, 0.25) is 0 Å². The number of ether oxygens (including phenoxy) is 2. The number of nitrogens with one attached hydrogen (secondary N) is 1. The fourth-order valence-corrected chi connectivity index (χ4v) is 5.40. The Morgan fingerprint density at radius 3 is 2.70 bits per heavy atom. The van der Waals surface area contributed by atoms with E-state index in [0.29, 0.717) is 0 Å². The summed E-state index contributed by atoms with van der Waals surface area (Å²) in [6.07, 6.45) is 2.65. The third kappa shape index (κ3) is 5.37. The van der Waals surface area contributed by atoms with Gasteiger partial charge in [-0.25, -0.2) is 9.18 Å². The van der Waals surface area contributed by atoms with Crippen LogP contribution in [0.4, 0.5) is 4.39 Å². The Bertz CT molecular complexity index is 1400. The van der Waals surface area contributed by atoms with Crippen molar-refractivity contribution in [3.63, 3.8) is 0 Å². The lowest BCUT2D eigenvalue weighted by atomic mass is 9.82. The summed E-state index contributed by atoms with van der Waals surface area (Å²) in [5.74, 6) is -0.368. The number of halogens is 1. The average molecular weight is 498 g/mol. The molecule has 190 valence electrons. The quantitative estimate of drug-likeness (QED) is 0.207. The zero-order valence-corrected chi connectivity index (χ0v) is 21.2. The molecule has 0 fully saturated rings. The number of benzene rings is 4. The van der Waals surface area contributed by atoms with Crippen LogP contribution in [0, 0.1) is 5.82 Å². The van der Waals surface area contributed by atoms with E-state index in [9.17, 15) is 9.18 Å². The molecule has 0 spiro atoms. The van der Waals surface area contributed by atoms with E-state index < -0.39 is 11.8 Å². The van der Waals surface area contributed by atoms with Gasteiger partial charge in [-0.15, -0.1) is 0 Å². The highest BCUT2D eigenvalue weighted by Crippen LogP contribution is 2.41. The largest absolute Gasteiger partial charge is 0.490 e. The Balaban J connectivity index is 1.26. The summed E-state index contributed by atoms with van der Waals surface area (Å²) in [7, 11) is 1.27. The number of methoxy groups -OCH3 is 1. The smallest absolute Gasteiger partial charge is 0.340 e. The predicted octanol–water partition coefficient (Wildman–Crippen LogP) is 7.18. The summed E-state index contributed by atoms with van der Waals surface area (Å²) in [6.45, 7) is 3.08. The van der Waals surface area contributed by atoms with E-state index in [-0.39, 0.29) is 23.6 Å². The summed E-state index contributed by atoms with van der Waals surface area (Å²) in [5, 5.41) is 6.21. The van der Waals surface area contributed by atoms with Crippen LogP contribution in [0.1, 0.15) is 65.2 Å². The van der Waals surface area contributed by atoms with E-state index in [0.717, 1.165) is 42.7 Å². The molecule has 0 aliphatic carbocycles. The van der Waals surface area contributed by atoms with E-state index in [1.54, 1.807) is 12.1 Å². The molecular weight excluding hydrogens is 465 g/mol. The van der Waals surface area contributed by atoms with Crippen molar-refractivity contribution in [2.45, 2.75) is 44.2 Å². The van der Waals surface area contributed by atoms with Gasteiger partial charge in [-0.2, -0.15) is 0 Å². The van der Waals surface area contributed by atoms with Crippen molar-refractivity contribution < 1.29 is 18.7 Å². The number of carbonyl (C=O) groups is 1. The molecular formula is C32H32FNO3. The molecule has 5 heteroatoms. The van der Waals surface area contributed by atoms with Crippen LogP contribution in [0.5, 0.6) is 5.75 Å². The van der Waals surface area contributed by atoms with Crippen molar-refractivity contribution >= 4 is 16.7 Å². The van der Waals surface area contributed by atoms with Gasteiger partial charge in [0.15, 0.2) is 0 Å². The number of rotatable bonds is 8. The second kappa shape index (κ2) is 11.1. The van der Waals surface area contributed by atoms with Crippen LogP contribution in [-0.4, -0.2) is 25.7 Å². The molecule has 0 amide bonds. The van der Waals surface area contributed by atoms with Gasteiger partial charge >= 0.3 is 5.97 Å². The number of para-hydroxylation sites is 1. The second-order valence-corrected chi connectivity index (χ2v) is 9.68. The van der Waals surface area contributed by atoms with Crippen LogP contribution in [0.25, 0.3) is 10.8 Å². The lowest BCUT2D eigenvalue weighted by molar-refractivity contribution is 0.0595. The van der Waals surface area contributed by atoms with Gasteiger partial charge in [-0.05, 0) is 72.8 Å². The molecule has 1 aliphatic rings. The van der Waals surface area contributed by atoms with Crippen LogP contribution in [0.3, 0.4) is 0 Å². The average Bonchev–Trinajstić information content (AvgIpc) is 2.94. The Morgan fingerprint density at radius 1 is 1.05 bits per heavy atom. The zero-order valence-electron chi connectivity index (χ0n) is 21.2. The third-order valence-corrected chi connectivity index (χ3v) is 7.33. The Morgan fingerprint density at radius 2 is 1.84 bits per heavy atom. The Kier molecular flexibility index (Phi) is 7.52. The van der Waals surface area contributed by atoms with E-state index in [1.165, 1.54) is 29.5 Å². The fraction of sp³-hybridized carbons (Fsp3) is 0.281. The molecule has 4 nitrogen and oxygen atoms in total. The minimum absolute atomic E-state index is 0.0153. The lowest BCUT2D eigenvalue weighted by Crippen LogP contribution is -2.28. The monoisotopic (exact) mass is 497 g/mol. The SMILES string of the molecule is COC(=O)c1cc([C@@H]2C[C@H](CCCN[C@H](C)c3cccc4ccccc34)Oc3ccccc32)ccc1F. The number of hydrogen-bond donors (Lipinski definition) is 1. The summed E-state index contributed by atoms with van der Waals surface area (Å²) >= 11 is 0. The maximum atomic E-state index is 14.3. The van der Waals surface area contributed by atoms with Crippen LogP contribution in [0.15, 0.2) is 84.9 Å². The molecule has 5 rings (SSSR count). The molecule has 4 aromatic rings. The summed E-state index contributed by atoms with van der Waals surface area (Å²) in [4.78, 5) is 12.1. The van der Waals surface area contributed by atoms with Crippen LogP contribution < -0.4 is 10.1 Å². The van der Waals surface area contributed by atoms with Gasteiger partial charge < -0.3 is 14.8 Å². The minimum atomic E-state index is -0.664. The molecule has 4 aromatic carbocycles. The van der Waals surface area contributed by atoms with Crippen molar-refractivity contribution in [2.75, 3.05) is 13.7 Å². The fourth-order valence-electron chi connectivity index (χ4n) is 5.40. The Labute approximate surface area is 217 Å². The second-order valence-electron chi connectivity index (χ2n) is 9.68. The molecule has 3 atom stereocenters. The number of esters is 1. The van der Waals surface area contributed by atoms with Crippen molar-refractivity contribution in [3.8, 4) is 5.75 Å². The van der Waals surface area contributed by atoms with Crippen LogP contribution in [0.2, 0.25) is 0 Å². The van der Waals surface area contributed by atoms with E-state index in [2.05, 4.69) is 54.7 Å². The maximum absolute atomic E-state index is 14.3. The van der Waals surface area contributed by atoms with E-state index >= 15 is 0 Å². The van der Waals surface area contributed by atoms with E-state index in [4.69, 9.17) is 9.47 Å². The number of hydrogen-bond acceptors (Lipinski definition) is 4. The summed E-state index contributed by atoms with van der Waals surface area (Å²) in [5.41, 5.74) is 3.22. The standard InChI is InChI=1S/C32H32FNO3/c1-21(25-14-7-10-22-9-3-4-12-26(22)25)34-18-8-11-24-20-28(27-13-5-6-15-31(27)37-24)23-16-17-30(33)29(19-23)32(35)36-2/h3-7,9-10,12-17,19,21,24,28,34H,8,11,18,20H2,1-2H3/t21-,24+,28+/m1/s1. The molecule has 0 unspecified atom stereocenters. The molecule has 1 N–H and O–H groups in total. The normalized spacial score (nSPS) is 17.6. The van der Waals surface area contributed by atoms with Crippen molar-refractivity contribution in [1.82, 2.24) is 5.32 Å². The first-order valence-electron chi connectivity index (χ1n) is 12.9. The molecule has 0 saturated carbocycles. The molecule has 1 heterocycles. The number of carbonyl (C=O) groups excluding carboxylic acids is 1. The van der Waals surface area contributed by atoms with Crippen LogP contribution in [-0.2, 0) is 4.74 Å². The lowest BCUT2D eigenvalue weighted by Gasteiger charge is -2.33. The summed E-state index contributed by atoms with van der Waals surface area (Å²) < 4.78 is 25.4. The number of fused-ring (bicyclic) bond motifs is 2. The first-order chi connectivity index (χ1) is 18.0. The highest BCUT2D eigenvalue weighted by atomic mass is 19.1. The highest BCUT2D eigenvalue weighted by Gasteiger charge is 2.30. The van der Waals surface area contributed by atoms with Crippen molar-refractivity contribution in [1.29, 1.82) is 0 Å². The van der Waals surface area contributed by atoms with Crippen LogP contribution >= 0.6 is 0 Å². The van der Waals surface area contributed by atoms with Crippen molar-refractivity contribution in [2.24, 2.45) is 0 Å². The molecule has 0 radical (unpaired) electrons. The zero-order chi connectivity index (χ0) is 25.8. The minimum Gasteiger partial charge on any atom is -0.490 e. The highest BCUT2D eigenvalue weighted by molar-refractivity contribution is 5.90. The predicted molar refractivity (Wildman–Crippen MR) is 145 cm³/mol. The van der Waals surface area contributed by atoms with Gasteiger partial charge in [0.1, 0.15) is 11.6 Å². The Hall–Kier alpha value is -3.70. The van der Waals surface area contributed by atoms with E-state index in [1.807, 2.05) is 24.3 Å². The molecule has 37 heavy (non-hydrogen) atoms. The first-order valence-corrected chi connectivity index (χ1v) is 12.9. The summed E-state index contributed by atoms with van der Waals surface area (Å²) in [6, 6.07) is 27.9. The molecule has 1 aliphatic heterocycles. The molecule has 0 aromatic heterocycles. The van der Waals surface area contributed by atoms with Gasteiger partial charge in [0, 0.05) is 17.5 Å². The van der Waals surface area contributed by atoms with Gasteiger partial charge in [0.25, 0.3) is 0 Å². The van der Waals surface area contributed by atoms with Gasteiger partial charge in [-0.1, -0.05) is 66.7 Å². The van der Waals surface area contributed by atoms with Gasteiger partial charge in [-0.3, -0.25) is 0 Å². The first kappa shape index (κ1) is 25.0. The molecule has 0 saturated heterocycles. The molecule has 0 bridgehead atoms. The van der Waals surface area contributed by atoms with Crippen molar-refractivity contribution in [3.05, 3.63) is 113 Å². The maximum Gasteiger partial charge on any atom is 0.340 e.